The van der Waals surface area contributed by atoms with Crippen molar-refractivity contribution in [2.45, 2.75) is 33.1 Å². The van der Waals surface area contributed by atoms with Crippen molar-refractivity contribution >= 4 is 10.1 Å². The normalized spacial score (nSPS) is 12.3. The van der Waals surface area contributed by atoms with E-state index in [1.165, 1.54) is 0 Å². The molecule has 0 heterocycles. The summed E-state index contributed by atoms with van der Waals surface area (Å²) in [6, 6.07) is 0. The Morgan fingerprint density at radius 2 is 1.87 bits per heavy atom. The predicted molar refractivity (Wildman–Crippen MR) is 59.1 cm³/mol. The van der Waals surface area contributed by atoms with Gasteiger partial charge in [0, 0.05) is 13.1 Å². The highest BCUT2D eigenvalue weighted by atomic mass is 32.2. The van der Waals surface area contributed by atoms with Crippen molar-refractivity contribution in [3.8, 4) is 0 Å². The van der Waals surface area contributed by atoms with E-state index in [0.29, 0.717) is 13.2 Å². The molecule has 15 heavy (non-hydrogen) atoms. The number of unbranched alkanes of at least 4 members (excludes halogenated alkanes) is 2. The quantitative estimate of drug-likeness (QED) is 0.373. The van der Waals surface area contributed by atoms with E-state index >= 15 is 0 Å². The zero-order chi connectivity index (χ0) is 11.7. The fourth-order valence-corrected chi connectivity index (χ4v) is 1.61. The Kier molecular flexibility index (Phi) is 7.95. The van der Waals surface area contributed by atoms with Gasteiger partial charge in [-0.25, -0.2) is 0 Å². The van der Waals surface area contributed by atoms with Crippen LogP contribution in [0.2, 0.25) is 0 Å². The lowest BCUT2D eigenvalue weighted by molar-refractivity contribution is -0.151. The monoisotopic (exact) mass is 239 g/mol. The molecule has 0 amide bonds. The fourth-order valence-electron chi connectivity index (χ4n) is 1.18. The Hall–Kier alpha value is -0.170. The van der Waals surface area contributed by atoms with Crippen LogP contribution in [0.25, 0.3) is 0 Å². The molecule has 5 nitrogen and oxygen atoms in total. The molecule has 0 radical (unpaired) electrons. The molecule has 0 aliphatic rings. The van der Waals surface area contributed by atoms with Crippen LogP contribution >= 0.6 is 0 Å². The number of hydroxylamine groups is 2. The van der Waals surface area contributed by atoms with E-state index in [9.17, 15) is 8.42 Å². The van der Waals surface area contributed by atoms with Gasteiger partial charge in [0.05, 0.1) is 12.4 Å². The van der Waals surface area contributed by atoms with Crippen molar-refractivity contribution in [2.75, 3.05) is 25.4 Å². The molecule has 92 valence electrons. The van der Waals surface area contributed by atoms with Gasteiger partial charge in [-0.05, 0) is 13.3 Å². The molecule has 0 fully saturated rings. The van der Waals surface area contributed by atoms with Crippen LogP contribution in [0.4, 0.5) is 0 Å². The minimum Gasteiger partial charge on any atom is -0.299 e. The van der Waals surface area contributed by atoms with Crippen LogP contribution in [0.5, 0.6) is 0 Å². The standard InChI is InChI=1S/C9H21NO4S/c1-3-5-6-7-10(14-4-2)8-9-15(11,12)13/h3-9H2,1-2H3,(H,11,12,13). The molecular formula is C9H21NO4S. The first-order valence-corrected chi connectivity index (χ1v) is 6.93. The molecule has 0 atom stereocenters. The van der Waals surface area contributed by atoms with Crippen LogP contribution in [0.1, 0.15) is 33.1 Å². The Labute approximate surface area is 92.1 Å². The minimum atomic E-state index is -3.89. The average Bonchev–Trinajstić information content (AvgIpc) is 2.13. The highest BCUT2D eigenvalue weighted by molar-refractivity contribution is 7.85. The number of hydrogen-bond donors (Lipinski definition) is 1. The van der Waals surface area contributed by atoms with E-state index in [0.717, 1.165) is 19.3 Å². The summed E-state index contributed by atoms with van der Waals surface area (Å²) in [6.45, 7) is 5.38. The molecule has 0 rings (SSSR count). The first kappa shape index (κ1) is 14.8. The zero-order valence-corrected chi connectivity index (χ0v) is 10.3. The van der Waals surface area contributed by atoms with Crippen molar-refractivity contribution in [3.63, 3.8) is 0 Å². The summed E-state index contributed by atoms with van der Waals surface area (Å²) in [7, 11) is -3.89. The first-order chi connectivity index (χ1) is 6.99. The van der Waals surface area contributed by atoms with E-state index in [-0.39, 0.29) is 12.3 Å². The summed E-state index contributed by atoms with van der Waals surface area (Å²) in [6.07, 6.45) is 3.18. The molecule has 0 bridgehead atoms. The number of rotatable bonds is 9. The van der Waals surface area contributed by atoms with Crippen molar-refractivity contribution in [2.24, 2.45) is 0 Å². The smallest absolute Gasteiger partial charge is 0.266 e. The second-order valence-electron chi connectivity index (χ2n) is 3.34. The molecule has 0 spiro atoms. The van der Waals surface area contributed by atoms with E-state index in [4.69, 9.17) is 9.39 Å². The third-order valence-corrected chi connectivity index (χ3v) is 2.62. The molecule has 0 aliphatic heterocycles. The lowest BCUT2D eigenvalue weighted by atomic mass is 10.2. The van der Waals surface area contributed by atoms with Crippen LogP contribution in [0.15, 0.2) is 0 Å². The summed E-state index contributed by atoms with van der Waals surface area (Å²) in [5.41, 5.74) is 0. The molecule has 0 aromatic carbocycles. The summed E-state index contributed by atoms with van der Waals surface area (Å²) < 4.78 is 29.7. The zero-order valence-electron chi connectivity index (χ0n) is 9.48. The summed E-state index contributed by atoms with van der Waals surface area (Å²) >= 11 is 0. The Balaban J connectivity index is 3.82. The highest BCUT2D eigenvalue weighted by Gasteiger charge is 2.10. The lowest BCUT2D eigenvalue weighted by Gasteiger charge is -2.20. The summed E-state index contributed by atoms with van der Waals surface area (Å²) in [5.74, 6) is -0.279. The van der Waals surface area contributed by atoms with Crippen LogP contribution in [-0.2, 0) is 15.0 Å². The van der Waals surface area contributed by atoms with E-state index in [1.807, 2.05) is 6.92 Å². The van der Waals surface area contributed by atoms with Crippen molar-refractivity contribution < 1.29 is 17.8 Å². The van der Waals surface area contributed by atoms with Crippen LogP contribution in [0.3, 0.4) is 0 Å². The minimum absolute atomic E-state index is 0.219. The maximum atomic E-state index is 10.5. The van der Waals surface area contributed by atoms with Crippen LogP contribution in [0, 0.1) is 0 Å². The largest absolute Gasteiger partial charge is 0.299 e. The van der Waals surface area contributed by atoms with Gasteiger partial charge in [-0.3, -0.25) is 9.39 Å². The van der Waals surface area contributed by atoms with Gasteiger partial charge in [-0.15, -0.1) is 0 Å². The Morgan fingerprint density at radius 1 is 1.20 bits per heavy atom. The van der Waals surface area contributed by atoms with E-state index in [2.05, 4.69) is 6.92 Å². The fraction of sp³-hybridized carbons (Fsp3) is 1.00. The van der Waals surface area contributed by atoms with Gasteiger partial charge in [0.15, 0.2) is 0 Å². The van der Waals surface area contributed by atoms with Gasteiger partial charge in [-0.1, -0.05) is 19.8 Å². The summed E-state index contributed by atoms with van der Waals surface area (Å²) in [4.78, 5) is 5.24. The highest BCUT2D eigenvalue weighted by Crippen LogP contribution is 2.00. The molecule has 0 aliphatic carbocycles. The Bertz CT molecular complexity index is 240. The summed E-state index contributed by atoms with van der Waals surface area (Å²) in [5, 5.41) is 1.60. The van der Waals surface area contributed by atoms with Crippen molar-refractivity contribution in [3.05, 3.63) is 0 Å². The van der Waals surface area contributed by atoms with E-state index < -0.39 is 10.1 Å². The molecule has 0 saturated carbocycles. The molecule has 0 aromatic heterocycles. The molecule has 0 saturated heterocycles. The molecule has 0 unspecified atom stereocenters. The van der Waals surface area contributed by atoms with Crippen LogP contribution in [-0.4, -0.2) is 43.5 Å². The number of nitrogens with zero attached hydrogens (tertiary/aromatic N) is 1. The second-order valence-corrected chi connectivity index (χ2v) is 4.91. The second kappa shape index (κ2) is 8.04. The van der Waals surface area contributed by atoms with E-state index in [1.54, 1.807) is 5.06 Å². The topological polar surface area (TPSA) is 66.8 Å². The van der Waals surface area contributed by atoms with Crippen LogP contribution < -0.4 is 0 Å². The lowest BCUT2D eigenvalue weighted by Crippen LogP contribution is -2.30. The first-order valence-electron chi connectivity index (χ1n) is 5.32. The van der Waals surface area contributed by atoms with Gasteiger partial charge < -0.3 is 0 Å². The maximum absolute atomic E-state index is 10.5. The molecule has 6 heteroatoms. The predicted octanol–water partition coefficient (Wildman–Crippen LogP) is 1.32. The Morgan fingerprint density at radius 3 is 2.33 bits per heavy atom. The molecule has 1 N–H and O–H groups in total. The number of hydrogen-bond acceptors (Lipinski definition) is 4. The van der Waals surface area contributed by atoms with Gasteiger partial charge in [0.25, 0.3) is 10.1 Å². The third-order valence-electron chi connectivity index (χ3n) is 1.92. The van der Waals surface area contributed by atoms with Gasteiger partial charge >= 0.3 is 0 Å². The molecule has 0 aromatic rings. The third kappa shape index (κ3) is 10.1. The van der Waals surface area contributed by atoms with Crippen molar-refractivity contribution in [1.82, 2.24) is 5.06 Å². The average molecular weight is 239 g/mol. The van der Waals surface area contributed by atoms with Gasteiger partial charge in [-0.2, -0.15) is 13.5 Å². The van der Waals surface area contributed by atoms with Gasteiger partial charge in [0.1, 0.15) is 0 Å². The molecular weight excluding hydrogens is 218 g/mol. The van der Waals surface area contributed by atoms with Crippen molar-refractivity contribution in [1.29, 1.82) is 0 Å². The van der Waals surface area contributed by atoms with Gasteiger partial charge in [0.2, 0.25) is 0 Å². The SMILES string of the molecule is CCCCCN(CCS(=O)(=O)O)OCC. The maximum Gasteiger partial charge on any atom is 0.266 e.